The van der Waals surface area contributed by atoms with Crippen molar-refractivity contribution in [1.29, 1.82) is 0 Å². The molecule has 2 aromatic carbocycles. The number of halogens is 1. The molecule has 0 bridgehead atoms. The first-order valence-corrected chi connectivity index (χ1v) is 8.97. The zero-order valence-corrected chi connectivity index (χ0v) is 15.1. The summed E-state index contributed by atoms with van der Waals surface area (Å²) in [6.45, 7) is 0.451. The van der Waals surface area contributed by atoms with Gasteiger partial charge >= 0.3 is 0 Å². The number of carbonyl (C=O) groups excluding carboxylic acids is 1. The normalized spacial score (nSPS) is 10.9. The van der Waals surface area contributed by atoms with Gasteiger partial charge in [-0.1, -0.05) is 48.5 Å². The zero-order chi connectivity index (χ0) is 19.5. The van der Waals surface area contributed by atoms with Crippen molar-refractivity contribution in [3.63, 3.8) is 0 Å². The van der Waals surface area contributed by atoms with Crippen LogP contribution in [0.3, 0.4) is 0 Å². The summed E-state index contributed by atoms with van der Waals surface area (Å²) in [6.07, 6.45) is 3.83. The first-order chi connectivity index (χ1) is 13.6. The first kappa shape index (κ1) is 17.7. The van der Waals surface area contributed by atoms with Crippen LogP contribution in [0.4, 0.5) is 10.1 Å². The van der Waals surface area contributed by atoms with E-state index in [1.807, 2.05) is 42.6 Å². The van der Waals surface area contributed by atoms with Crippen LogP contribution in [-0.4, -0.2) is 22.1 Å². The van der Waals surface area contributed by atoms with E-state index in [-0.39, 0.29) is 5.82 Å². The molecule has 2 aromatic heterocycles. The number of primary amides is 1. The topological polar surface area (TPSA) is 72.4 Å². The van der Waals surface area contributed by atoms with Crippen molar-refractivity contribution in [1.82, 2.24) is 9.61 Å². The third kappa shape index (κ3) is 3.44. The Kier molecular flexibility index (Phi) is 4.76. The molecule has 0 aliphatic carbocycles. The highest BCUT2D eigenvalue weighted by atomic mass is 19.1. The summed E-state index contributed by atoms with van der Waals surface area (Å²) >= 11 is 0. The van der Waals surface area contributed by atoms with Crippen LogP contribution in [0.15, 0.2) is 73.1 Å². The fourth-order valence-electron chi connectivity index (χ4n) is 3.24. The third-order valence-electron chi connectivity index (χ3n) is 4.66. The Morgan fingerprint density at radius 1 is 1.07 bits per heavy atom. The molecule has 0 saturated heterocycles. The Morgan fingerprint density at radius 3 is 2.57 bits per heavy atom. The highest BCUT2D eigenvalue weighted by Gasteiger charge is 2.15. The molecule has 0 fully saturated rings. The van der Waals surface area contributed by atoms with Crippen molar-refractivity contribution >= 4 is 17.1 Å². The van der Waals surface area contributed by atoms with E-state index in [9.17, 15) is 9.18 Å². The van der Waals surface area contributed by atoms with Crippen molar-refractivity contribution < 1.29 is 9.18 Å². The SMILES string of the molecule is NC(=O)c1cnn2cc(-c3ccccc3)cc2c1NCCc1ccccc1F. The van der Waals surface area contributed by atoms with Gasteiger partial charge in [-0.3, -0.25) is 4.79 Å². The Hall–Kier alpha value is -3.67. The number of carbonyl (C=O) groups is 1. The van der Waals surface area contributed by atoms with Crippen LogP contribution in [0.2, 0.25) is 0 Å². The molecule has 0 radical (unpaired) electrons. The third-order valence-corrected chi connectivity index (χ3v) is 4.66. The number of hydrogen-bond acceptors (Lipinski definition) is 3. The van der Waals surface area contributed by atoms with Crippen LogP contribution in [0, 0.1) is 5.82 Å². The lowest BCUT2D eigenvalue weighted by Gasteiger charge is -2.12. The Bertz CT molecular complexity index is 1140. The average Bonchev–Trinajstić information content (AvgIpc) is 3.15. The number of nitrogens with zero attached hydrogens (tertiary/aromatic N) is 2. The number of rotatable bonds is 6. The van der Waals surface area contributed by atoms with Gasteiger partial charge in [0.05, 0.1) is 23.0 Å². The number of aromatic nitrogens is 2. The van der Waals surface area contributed by atoms with Crippen LogP contribution in [0.25, 0.3) is 16.6 Å². The highest BCUT2D eigenvalue weighted by molar-refractivity contribution is 6.02. The lowest BCUT2D eigenvalue weighted by Crippen LogP contribution is -2.17. The molecule has 0 saturated carbocycles. The van der Waals surface area contributed by atoms with E-state index in [0.29, 0.717) is 29.8 Å². The van der Waals surface area contributed by atoms with Crippen molar-refractivity contribution in [2.24, 2.45) is 5.73 Å². The number of hydrogen-bond donors (Lipinski definition) is 2. The molecule has 4 aromatic rings. The molecule has 28 heavy (non-hydrogen) atoms. The average molecular weight is 374 g/mol. The number of fused-ring (bicyclic) bond motifs is 1. The monoisotopic (exact) mass is 374 g/mol. The number of amides is 1. The van der Waals surface area contributed by atoms with E-state index < -0.39 is 5.91 Å². The molecule has 140 valence electrons. The summed E-state index contributed by atoms with van der Waals surface area (Å²) in [6, 6.07) is 18.5. The molecule has 1 amide bonds. The smallest absolute Gasteiger partial charge is 0.252 e. The van der Waals surface area contributed by atoms with Crippen LogP contribution in [0.1, 0.15) is 15.9 Å². The number of anilines is 1. The molecule has 0 aliphatic heterocycles. The molecule has 0 unspecified atom stereocenters. The molecular formula is C22H19FN4O. The lowest BCUT2D eigenvalue weighted by atomic mass is 10.1. The second-order valence-corrected chi connectivity index (χ2v) is 6.49. The summed E-state index contributed by atoms with van der Waals surface area (Å²) in [5.74, 6) is -0.806. The standard InChI is InChI=1S/C22H19FN4O/c23-19-9-5-4-8-16(19)10-11-25-21-18(22(24)28)13-26-27-14-17(12-20(21)27)15-6-2-1-3-7-15/h1-9,12-14,25H,10-11H2,(H2,24,28). The van der Waals surface area contributed by atoms with E-state index in [4.69, 9.17) is 5.73 Å². The minimum Gasteiger partial charge on any atom is -0.382 e. The van der Waals surface area contributed by atoms with Gasteiger partial charge in [0, 0.05) is 18.3 Å². The van der Waals surface area contributed by atoms with Crippen LogP contribution < -0.4 is 11.1 Å². The van der Waals surface area contributed by atoms with Gasteiger partial charge in [-0.05, 0) is 29.7 Å². The molecule has 0 aliphatic rings. The number of nitrogens with one attached hydrogen (secondary N) is 1. The largest absolute Gasteiger partial charge is 0.382 e. The van der Waals surface area contributed by atoms with Gasteiger partial charge in [-0.25, -0.2) is 8.91 Å². The molecule has 0 spiro atoms. The summed E-state index contributed by atoms with van der Waals surface area (Å²) < 4.78 is 15.6. The van der Waals surface area contributed by atoms with E-state index >= 15 is 0 Å². The molecule has 5 nitrogen and oxygen atoms in total. The fourth-order valence-corrected chi connectivity index (χ4v) is 3.24. The number of nitrogens with two attached hydrogens (primary N) is 1. The minimum atomic E-state index is -0.564. The van der Waals surface area contributed by atoms with Gasteiger partial charge in [0.2, 0.25) is 0 Å². The van der Waals surface area contributed by atoms with Gasteiger partial charge < -0.3 is 11.1 Å². The van der Waals surface area contributed by atoms with E-state index in [0.717, 1.165) is 16.6 Å². The molecule has 3 N–H and O–H groups in total. The lowest BCUT2D eigenvalue weighted by molar-refractivity contribution is 0.100. The first-order valence-electron chi connectivity index (χ1n) is 8.97. The highest BCUT2D eigenvalue weighted by Crippen LogP contribution is 2.28. The van der Waals surface area contributed by atoms with Crippen LogP contribution >= 0.6 is 0 Å². The second kappa shape index (κ2) is 7.52. The zero-order valence-electron chi connectivity index (χ0n) is 15.1. The van der Waals surface area contributed by atoms with Crippen molar-refractivity contribution in [3.05, 3.63) is 90.0 Å². The van der Waals surface area contributed by atoms with E-state index in [2.05, 4.69) is 10.4 Å². The summed E-state index contributed by atoms with van der Waals surface area (Å²) in [5, 5.41) is 7.56. The van der Waals surface area contributed by atoms with Gasteiger partial charge in [0.15, 0.2) is 0 Å². The summed E-state index contributed by atoms with van der Waals surface area (Å²) in [7, 11) is 0. The van der Waals surface area contributed by atoms with Crippen LogP contribution in [0.5, 0.6) is 0 Å². The van der Waals surface area contributed by atoms with E-state index in [1.165, 1.54) is 12.3 Å². The maximum atomic E-state index is 13.9. The minimum absolute atomic E-state index is 0.242. The van der Waals surface area contributed by atoms with Gasteiger partial charge in [-0.2, -0.15) is 5.10 Å². The molecule has 2 heterocycles. The van der Waals surface area contributed by atoms with Gasteiger partial charge in [0.1, 0.15) is 5.82 Å². The summed E-state index contributed by atoms with van der Waals surface area (Å²) in [4.78, 5) is 11.9. The van der Waals surface area contributed by atoms with Gasteiger partial charge in [0.25, 0.3) is 5.91 Å². The molecule has 0 atom stereocenters. The summed E-state index contributed by atoms with van der Waals surface area (Å²) in [5.41, 5.74) is 9.82. The quantitative estimate of drug-likeness (QED) is 0.538. The van der Waals surface area contributed by atoms with Crippen molar-refractivity contribution in [2.75, 3.05) is 11.9 Å². The van der Waals surface area contributed by atoms with Gasteiger partial charge in [-0.15, -0.1) is 0 Å². The van der Waals surface area contributed by atoms with Crippen molar-refractivity contribution in [2.45, 2.75) is 6.42 Å². The predicted molar refractivity (Wildman–Crippen MR) is 108 cm³/mol. The Labute approximate surface area is 161 Å². The maximum Gasteiger partial charge on any atom is 0.252 e. The van der Waals surface area contributed by atoms with E-state index in [1.54, 1.807) is 22.7 Å². The molecular weight excluding hydrogens is 355 g/mol. The maximum absolute atomic E-state index is 13.9. The molecule has 4 rings (SSSR count). The van der Waals surface area contributed by atoms with Crippen LogP contribution in [-0.2, 0) is 6.42 Å². The number of benzene rings is 2. The van der Waals surface area contributed by atoms with Crippen molar-refractivity contribution in [3.8, 4) is 11.1 Å². The predicted octanol–water partition coefficient (Wildman–Crippen LogP) is 3.89. The molecule has 6 heteroatoms. The Morgan fingerprint density at radius 2 is 1.82 bits per heavy atom. The Balaban J connectivity index is 1.68. The fraction of sp³-hybridized carbons (Fsp3) is 0.0909. The second-order valence-electron chi connectivity index (χ2n) is 6.49.